The molecule has 0 amide bonds. The quantitative estimate of drug-likeness (QED) is 0.795. The molecule has 1 aromatic rings. The van der Waals surface area contributed by atoms with Crippen LogP contribution in [-0.2, 0) is 16.1 Å². The van der Waals surface area contributed by atoms with E-state index in [1.807, 2.05) is 0 Å². The Kier molecular flexibility index (Phi) is 3.40. The molecule has 0 radical (unpaired) electrons. The van der Waals surface area contributed by atoms with E-state index in [1.165, 1.54) is 18.4 Å². The zero-order valence-electron chi connectivity index (χ0n) is 9.18. The highest BCUT2D eigenvalue weighted by Crippen LogP contribution is 2.23. The van der Waals surface area contributed by atoms with Crippen molar-refractivity contribution in [3.63, 3.8) is 0 Å². The predicted molar refractivity (Wildman–Crippen MR) is 62.0 cm³/mol. The maximum absolute atomic E-state index is 11.5. The average Bonchev–Trinajstić information content (AvgIpc) is 2.87. The van der Waals surface area contributed by atoms with Crippen molar-refractivity contribution in [2.75, 3.05) is 19.4 Å². The molecule has 0 aliphatic carbocycles. The Balaban J connectivity index is 2.01. The van der Waals surface area contributed by atoms with Gasteiger partial charge in [0.15, 0.2) is 5.13 Å². The first-order valence-electron chi connectivity index (χ1n) is 5.23. The number of ether oxygens (including phenoxy) is 1. The van der Waals surface area contributed by atoms with Crippen LogP contribution in [-0.4, -0.2) is 35.5 Å². The lowest BCUT2D eigenvalue weighted by molar-refractivity contribution is -0.146. The molecule has 16 heavy (non-hydrogen) atoms. The fourth-order valence-corrected chi connectivity index (χ4v) is 2.72. The van der Waals surface area contributed by atoms with Gasteiger partial charge in [0.25, 0.3) is 0 Å². The number of nitrogen functional groups attached to an aromatic ring is 1. The van der Waals surface area contributed by atoms with E-state index in [9.17, 15) is 4.79 Å². The van der Waals surface area contributed by atoms with Gasteiger partial charge in [-0.15, -0.1) is 11.3 Å². The largest absolute Gasteiger partial charge is 0.468 e. The Morgan fingerprint density at radius 1 is 1.81 bits per heavy atom. The normalized spacial score (nSPS) is 21.2. The number of methoxy groups -OCH3 is 1. The van der Waals surface area contributed by atoms with Crippen molar-refractivity contribution < 1.29 is 9.53 Å². The molecule has 1 atom stereocenters. The Labute approximate surface area is 98.2 Å². The van der Waals surface area contributed by atoms with Gasteiger partial charge < -0.3 is 10.5 Å². The van der Waals surface area contributed by atoms with E-state index in [-0.39, 0.29) is 12.0 Å². The molecule has 88 valence electrons. The molecular formula is C10H15N3O2S. The molecule has 2 heterocycles. The fourth-order valence-electron chi connectivity index (χ4n) is 2.01. The molecule has 2 N–H and O–H groups in total. The molecule has 0 saturated carbocycles. The van der Waals surface area contributed by atoms with Crippen LogP contribution in [0.4, 0.5) is 5.13 Å². The maximum Gasteiger partial charge on any atom is 0.323 e. The number of aromatic nitrogens is 1. The van der Waals surface area contributed by atoms with Crippen LogP contribution in [0.25, 0.3) is 0 Å². The smallest absolute Gasteiger partial charge is 0.323 e. The Bertz CT molecular complexity index is 380. The molecule has 1 aromatic heterocycles. The molecule has 1 aliphatic heterocycles. The van der Waals surface area contributed by atoms with Gasteiger partial charge in [0.05, 0.1) is 7.11 Å². The fraction of sp³-hybridized carbons (Fsp3) is 0.600. The van der Waals surface area contributed by atoms with Crippen LogP contribution in [0.3, 0.4) is 0 Å². The molecule has 2 rings (SSSR count). The van der Waals surface area contributed by atoms with Crippen molar-refractivity contribution in [2.45, 2.75) is 25.4 Å². The lowest BCUT2D eigenvalue weighted by atomic mass is 10.2. The van der Waals surface area contributed by atoms with Crippen LogP contribution >= 0.6 is 11.3 Å². The van der Waals surface area contributed by atoms with E-state index < -0.39 is 0 Å². The third kappa shape index (κ3) is 2.33. The summed E-state index contributed by atoms with van der Waals surface area (Å²) < 4.78 is 4.79. The van der Waals surface area contributed by atoms with Crippen LogP contribution in [0.1, 0.15) is 17.7 Å². The number of hydrogen-bond donors (Lipinski definition) is 1. The van der Waals surface area contributed by atoms with Crippen LogP contribution < -0.4 is 5.73 Å². The first kappa shape index (κ1) is 11.3. The third-order valence-corrected chi connectivity index (χ3v) is 3.58. The second kappa shape index (κ2) is 4.80. The van der Waals surface area contributed by atoms with E-state index in [1.54, 1.807) is 6.20 Å². The minimum absolute atomic E-state index is 0.103. The van der Waals surface area contributed by atoms with Gasteiger partial charge in [0, 0.05) is 17.6 Å². The summed E-state index contributed by atoms with van der Waals surface area (Å²) in [5, 5.41) is 0.573. The summed E-state index contributed by atoms with van der Waals surface area (Å²) in [6.07, 6.45) is 3.68. The number of rotatable bonds is 3. The SMILES string of the molecule is COC(=O)[C@@H]1CCCN1Cc1cnc(N)s1. The number of esters is 1. The highest BCUT2D eigenvalue weighted by Gasteiger charge is 2.31. The summed E-state index contributed by atoms with van der Waals surface area (Å²) in [6, 6.07) is -0.103. The molecule has 0 unspecified atom stereocenters. The number of thiazole rings is 1. The van der Waals surface area contributed by atoms with E-state index >= 15 is 0 Å². The molecule has 6 heteroatoms. The first-order chi connectivity index (χ1) is 7.70. The number of carbonyl (C=O) groups excluding carboxylic acids is 1. The Morgan fingerprint density at radius 3 is 3.25 bits per heavy atom. The number of nitrogens with two attached hydrogens (primary N) is 1. The number of nitrogens with zero attached hydrogens (tertiary/aromatic N) is 2. The van der Waals surface area contributed by atoms with Crippen molar-refractivity contribution in [1.82, 2.24) is 9.88 Å². The number of carbonyl (C=O) groups is 1. The molecule has 1 fully saturated rings. The van der Waals surface area contributed by atoms with Gasteiger partial charge in [-0.25, -0.2) is 4.98 Å². The molecule has 0 aromatic carbocycles. The minimum Gasteiger partial charge on any atom is -0.468 e. The highest BCUT2D eigenvalue weighted by molar-refractivity contribution is 7.15. The Morgan fingerprint density at radius 2 is 2.62 bits per heavy atom. The topological polar surface area (TPSA) is 68.5 Å². The minimum atomic E-state index is -0.144. The van der Waals surface area contributed by atoms with Crippen molar-refractivity contribution in [3.05, 3.63) is 11.1 Å². The average molecular weight is 241 g/mol. The van der Waals surface area contributed by atoms with Crippen LogP contribution in [0, 0.1) is 0 Å². The van der Waals surface area contributed by atoms with E-state index in [0.29, 0.717) is 5.13 Å². The lowest BCUT2D eigenvalue weighted by Gasteiger charge is -2.21. The maximum atomic E-state index is 11.5. The monoisotopic (exact) mass is 241 g/mol. The number of anilines is 1. The van der Waals surface area contributed by atoms with Gasteiger partial charge in [-0.3, -0.25) is 9.69 Å². The summed E-state index contributed by atoms with van der Waals surface area (Å²) in [5.74, 6) is -0.144. The van der Waals surface area contributed by atoms with Crippen LogP contribution in [0.2, 0.25) is 0 Å². The van der Waals surface area contributed by atoms with Crippen molar-refractivity contribution >= 4 is 22.4 Å². The lowest BCUT2D eigenvalue weighted by Crippen LogP contribution is -2.36. The highest BCUT2D eigenvalue weighted by atomic mass is 32.1. The molecule has 5 nitrogen and oxygen atoms in total. The third-order valence-electron chi connectivity index (χ3n) is 2.77. The summed E-state index contributed by atoms with van der Waals surface area (Å²) in [5.41, 5.74) is 5.57. The first-order valence-corrected chi connectivity index (χ1v) is 6.04. The molecule has 0 bridgehead atoms. The van der Waals surface area contributed by atoms with Crippen molar-refractivity contribution in [2.24, 2.45) is 0 Å². The van der Waals surface area contributed by atoms with E-state index in [0.717, 1.165) is 30.8 Å². The second-order valence-electron chi connectivity index (χ2n) is 3.82. The van der Waals surface area contributed by atoms with Gasteiger partial charge in [-0.2, -0.15) is 0 Å². The standard InChI is InChI=1S/C10H15N3O2S/c1-15-9(14)8-3-2-4-13(8)6-7-5-12-10(11)16-7/h5,8H,2-4,6H2,1H3,(H2,11,12)/t8-/m0/s1. The second-order valence-corrected chi connectivity index (χ2v) is 4.96. The predicted octanol–water partition coefficient (Wildman–Crippen LogP) is 0.863. The summed E-state index contributed by atoms with van der Waals surface area (Å²) in [6.45, 7) is 1.66. The van der Waals surface area contributed by atoms with Gasteiger partial charge in [-0.05, 0) is 19.4 Å². The van der Waals surface area contributed by atoms with E-state index in [2.05, 4.69) is 9.88 Å². The summed E-state index contributed by atoms with van der Waals surface area (Å²) in [7, 11) is 1.43. The number of hydrogen-bond acceptors (Lipinski definition) is 6. The van der Waals surface area contributed by atoms with Crippen molar-refractivity contribution in [1.29, 1.82) is 0 Å². The molecular weight excluding hydrogens is 226 g/mol. The van der Waals surface area contributed by atoms with Crippen LogP contribution in [0.5, 0.6) is 0 Å². The van der Waals surface area contributed by atoms with Gasteiger partial charge >= 0.3 is 5.97 Å². The van der Waals surface area contributed by atoms with Crippen molar-refractivity contribution in [3.8, 4) is 0 Å². The van der Waals surface area contributed by atoms with Gasteiger partial charge in [-0.1, -0.05) is 0 Å². The number of likely N-dealkylation sites (tertiary alicyclic amines) is 1. The van der Waals surface area contributed by atoms with Gasteiger partial charge in [0.2, 0.25) is 0 Å². The van der Waals surface area contributed by atoms with Gasteiger partial charge in [0.1, 0.15) is 6.04 Å². The van der Waals surface area contributed by atoms with E-state index in [4.69, 9.17) is 10.5 Å². The summed E-state index contributed by atoms with van der Waals surface area (Å²) >= 11 is 1.47. The zero-order valence-corrected chi connectivity index (χ0v) is 10.00. The zero-order chi connectivity index (χ0) is 11.5. The van der Waals surface area contributed by atoms with Crippen LogP contribution in [0.15, 0.2) is 6.20 Å². The molecule has 0 spiro atoms. The molecule has 1 aliphatic rings. The summed E-state index contributed by atoms with van der Waals surface area (Å²) in [4.78, 5) is 18.7. The Hall–Kier alpha value is -1.14. The molecule has 1 saturated heterocycles.